The number of nitrogens with zero attached hydrogens (tertiary/aromatic N) is 2. The second-order valence-corrected chi connectivity index (χ2v) is 6.07. The minimum atomic E-state index is -0.168. The first-order chi connectivity index (χ1) is 13.0. The summed E-state index contributed by atoms with van der Waals surface area (Å²) in [5.74, 6) is -0.168. The van der Waals surface area contributed by atoms with Gasteiger partial charge in [0, 0.05) is 37.2 Å². The summed E-state index contributed by atoms with van der Waals surface area (Å²) < 4.78 is 0. The number of hydrogen-bond donors (Lipinski definition) is 2. The van der Waals surface area contributed by atoms with Gasteiger partial charge in [0.25, 0.3) is 0 Å². The molecule has 1 heterocycles. The molecule has 0 bridgehead atoms. The van der Waals surface area contributed by atoms with Crippen molar-refractivity contribution >= 4 is 23.7 Å². The van der Waals surface area contributed by atoms with Gasteiger partial charge in [-0.3, -0.25) is 9.78 Å². The highest BCUT2D eigenvalue weighted by Gasteiger charge is 2.11. The molecule has 1 unspecified atom stereocenters. The molecule has 0 aliphatic rings. The average Bonchev–Trinajstić information content (AvgIpc) is 2.68. The zero-order valence-corrected chi connectivity index (χ0v) is 16.0. The SMILES string of the molecule is CCN(CC)C(=O)Nc1ccc(C(C)NC(=O)/C=C/c2ccncc2)cc1. The Morgan fingerprint density at radius 1 is 1.07 bits per heavy atom. The summed E-state index contributed by atoms with van der Waals surface area (Å²) in [6.07, 6.45) is 6.61. The van der Waals surface area contributed by atoms with Crippen LogP contribution in [0.2, 0.25) is 0 Å². The first kappa shape index (κ1) is 20.2. The fourth-order valence-electron chi connectivity index (χ4n) is 2.56. The van der Waals surface area contributed by atoms with Crippen LogP contribution in [-0.4, -0.2) is 34.9 Å². The molecule has 0 radical (unpaired) electrons. The van der Waals surface area contributed by atoms with Crippen LogP contribution in [0, 0.1) is 0 Å². The Morgan fingerprint density at radius 2 is 1.70 bits per heavy atom. The summed E-state index contributed by atoms with van der Waals surface area (Å²) in [5.41, 5.74) is 2.61. The van der Waals surface area contributed by atoms with Crippen molar-refractivity contribution in [1.82, 2.24) is 15.2 Å². The maximum atomic E-state index is 12.1. The molecule has 142 valence electrons. The Balaban J connectivity index is 1.91. The van der Waals surface area contributed by atoms with E-state index in [1.165, 1.54) is 6.08 Å². The summed E-state index contributed by atoms with van der Waals surface area (Å²) in [5, 5.41) is 5.80. The number of aromatic nitrogens is 1. The number of carbonyl (C=O) groups is 2. The highest BCUT2D eigenvalue weighted by atomic mass is 16.2. The molecule has 1 atom stereocenters. The number of urea groups is 1. The maximum Gasteiger partial charge on any atom is 0.321 e. The van der Waals surface area contributed by atoms with Crippen LogP contribution in [0.1, 0.15) is 37.9 Å². The van der Waals surface area contributed by atoms with Gasteiger partial charge < -0.3 is 15.5 Å². The van der Waals surface area contributed by atoms with Crippen LogP contribution in [0.5, 0.6) is 0 Å². The average molecular weight is 366 g/mol. The highest BCUT2D eigenvalue weighted by molar-refractivity contribution is 5.92. The summed E-state index contributed by atoms with van der Waals surface area (Å²) in [6, 6.07) is 10.9. The summed E-state index contributed by atoms with van der Waals surface area (Å²) in [4.78, 5) is 29.8. The van der Waals surface area contributed by atoms with Gasteiger partial charge in [0.05, 0.1) is 6.04 Å². The molecular formula is C21H26N4O2. The lowest BCUT2D eigenvalue weighted by Gasteiger charge is -2.19. The van der Waals surface area contributed by atoms with E-state index >= 15 is 0 Å². The molecule has 0 saturated heterocycles. The maximum absolute atomic E-state index is 12.1. The highest BCUT2D eigenvalue weighted by Crippen LogP contribution is 2.16. The quantitative estimate of drug-likeness (QED) is 0.731. The molecule has 0 saturated carbocycles. The van der Waals surface area contributed by atoms with Gasteiger partial charge in [0.2, 0.25) is 5.91 Å². The van der Waals surface area contributed by atoms with E-state index in [-0.39, 0.29) is 18.0 Å². The van der Waals surface area contributed by atoms with E-state index in [0.717, 1.165) is 16.8 Å². The van der Waals surface area contributed by atoms with Crippen molar-refractivity contribution in [2.24, 2.45) is 0 Å². The number of benzene rings is 1. The van der Waals surface area contributed by atoms with E-state index in [1.54, 1.807) is 23.4 Å². The van der Waals surface area contributed by atoms with Crippen molar-refractivity contribution in [2.45, 2.75) is 26.8 Å². The first-order valence-corrected chi connectivity index (χ1v) is 9.08. The summed E-state index contributed by atoms with van der Waals surface area (Å²) in [6.45, 7) is 7.13. The minimum Gasteiger partial charge on any atom is -0.346 e. The molecule has 0 fully saturated rings. The minimum absolute atomic E-state index is 0.115. The number of rotatable bonds is 7. The van der Waals surface area contributed by atoms with Crippen molar-refractivity contribution < 1.29 is 9.59 Å². The van der Waals surface area contributed by atoms with Crippen LogP contribution in [0.25, 0.3) is 6.08 Å². The van der Waals surface area contributed by atoms with Crippen molar-refractivity contribution in [3.05, 3.63) is 66.0 Å². The van der Waals surface area contributed by atoms with Gasteiger partial charge in [-0.25, -0.2) is 4.79 Å². The lowest BCUT2D eigenvalue weighted by atomic mass is 10.1. The molecule has 0 aliphatic carbocycles. The predicted molar refractivity (Wildman–Crippen MR) is 108 cm³/mol. The van der Waals surface area contributed by atoms with Gasteiger partial charge in [-0.1, -0.05) is 12.1 Å². The van der Waals surface area contributed by atoms with Crippen molar-refractivity contribution in [2.75, 3.05) is 18.4 Å². The molecule has 6 nitrogen and oxygen atoms in total. The normalized spacial score (nSPS) is 11.8. The van der Waals surface area contributed by atoms with Crippen molar-refractivity contribution in [3.63, 3.8) is 0 Å². The Hall–Kier alpha value is -3.15. The second kappa shape index (κ2) is 10.1. The third kappa shape index (κ3) is 6.26. The summed E-state index contributed by atoms with van der Waals surface area (Å²) in [7, 11) is 0. The zero-order chi connectivity index (χ0) is 19.6. The Bertz CT molecular complexity index is 769. The number of amides is 3. The molecule has 0 aliphatic heterocycles. The lowest BCUT2D eigenvalue weighted by molar-refractivity contribution is -0.117. The van der Waals surface area contributed by atoms with Crippen molar-refractivity contribution in [3.8, 4) is 0 Å². The Labute approximate surface area is 160 Å². The molecule has 6 heteroatoms. The van der Waals surface area contributed by atoms with Crippen LogP contribution in [0.3, 0.4) is 0 Å². The first-order valence-electron chi connectivity index (χ1n) is 9.08. The van der Waals surface area contributed by atoms with E-state index in [4.69, 9.17) is 0 Å². The number of hydrogen-bond acceptors (Lipinski definition) is 3. The van der Waals surface area contributed by atoms with Gasteiger partial charge in [0.15, 0.2) is 0 Å². The molecule has 2 N–H and O–H groups in total. The number of nitrogens with one attached hydrogen (secondary N) is 2. The third-order valence-corrected chi connectivity index (χ3v) is 4.20. The zero-order valence-electron chi connectivity index (χ0n) is 16.0. The fourth-order valence-corrected chi connectivity index (χ4v) is 2.56. The number of carbonyl (C=O) groups excluding carboxylic acids is 2. The Morgan fingerprint density at radius 3 is 2.30 bits per heavy atom. The van der Waals surface area contributed by atoms with E-state index in [1.807, 2.05) is 57.2 Å². The second-order valence-electron chi connectivity index (χ2n) is 6.07. The number of anilines is 1. The molecule has 3 amide bonds. The molecule has 1 aromatic carbocycles. The van der Waals surface area contributed by atoms with Crippen LogP contribution >= 0.6 is 0 Å². The predicted octanol–water partition coefficient (Wildman–Crippen LogP) is 3.85. The van der Waals surface area contributed by atoms with Crippen LogP contribution in [-0.2, 0) is 4.79 Å². The van der Waals surface area contributed by atoms with Gasteiger partial charge >= 0.3 is 6.03 Å². The summed E-state index contributed by atoms with van der Waals surface area (Å²) >= 11 is 0. The Kier molecular flexibility index (Phi) is 7.55. The van der Waals surface area contributed by atoms with E-state index in [2.05, 4.69) is 15.6 Å². The topological polar surface area (TPSA) is 74.3 Å². The van der Waals surface area contributed by atoms with Gasteiger partial charge in [-0.15, -0.1) is 0 Å². The lowest BCUT2D eigenvalue weighted by Crippen LogP contribution is -2.34. The van der Waals surface area contributed by atoms with E-state index < -0.39 is 0 Å². The fraction of sp³-hybridized carbons (Fsp3) is 0.286. The van der Waals surface area contributed by atoms with Crippen LogP contribution in [0.4, 0.5) is 10.5 Å². The monoisotopic (exact) mass is 366 g/mol. The van der Waals surface area contributed by atoms with Crippen molar-refractivity contribution in [1.29, 1.82) is 0 Å². The molecular weight excluding hydrogens is 340 g/mol. The van der Waals surface area contributed by atoms with Crippen LogP contribution < -0.4 is 10.6 Å². The standard InChI is InChI=1S/C21H26N4O2/c1-4-25(5-2)21(27)24-19-9-7-18(8-10-19)16(3)23-20(26)11-6-17-12-14-22-15-13-17/h6-16H,4-5H2,1-3H3,(H,23,26)(H,24,27)/b11-6+. The van der Waals surface area contributed by atoms with E-state index in [9.17, 15) is 9.59 Å². The van der Waals surface area contributed by atoms with E-state index in [0.29, 0.717) is 13.1 Å². The molecule has 27 heavy (non-hydrogen) atoms. The smallest absolute Gasteiger partial charge is 0.321 e. The molecule has 2 aromatic rings. The number of pyridine rings is 1. The van der Waals surface area contributed by atoms with Gasteiger partial charge in [0.1, 0.15) is 0 Å². The largest absolute Gasteiger partial charge is 0.346 e. The molecule has 2 rings (SSSR count). The van der Waals surface area contributed by atoms with Gasteiger partial charge in [-0.05, 0) is 62.2 Å². The van der Waals surface area contributed by atoms with Crippen LogP contribution in [0.15, 0.2) is 54.9 Å². The molecule has 1 aromatic heterocycles. The van der Waals surface area contributed by atoms with Gasteiger partial charge in [-0.2, -0.15) is 0 Å². The molecule has 0 spiro atoms. The third-order valence-electron chi connectivity index (χ3n) is 4.20.